The van der Waals surface area contributed by atoms with Crippen molar-refractivity contribution >= 4 is 5.91 Å². The van der Waals surface area contributed by atoms with E-state index in [9.17, 15) is 40.5 Å². The molecule has 79 heavy (non-hydrogen) atoms. The Bertz CT molecular complexity index is 1420. The summed E-state index contributed by atoms with van der Waals surface area (Å²) in [6.45, 7) is 3.37. The number of carbonyl (C=O) groups excluding carboxylic acids is 1. The van der Waals surface area contributed by atoms with E-state index in [1.165, 1.54) is 212 Å². The van der Waals surface area contributed by atoms with Crippen LogP contribution in [0.2, 0.25) is 0 Å². The van der Waals surface area contributed by atoms with Crippen LogP contribution in [0.25, 0.3) is 0 Å². The van der Waals surface area contributed by atoms with Crippen molar-refractivity contribution in [2.45, 2.75) is 364 Å². The van der Waals surface area contributed by atoms with Gasteiger partial charge in [0.1, 0.15) is 36.6 Å². The Morgan fingerprint density at radius 1 is 0.456 bits per heavy atom. The molecule has 0 saturated carbocycles. The largest absolute Gasteiger partial charge is 0.394 e. The van der Waals surface area contributed by atoms with Crippen molar-refractivity contribution < 1.29 is 50.0 Å². The van der Waals surface area contributed by atoms with E-state index < -0.39 is 74.2 Å². The summed E-state index contributed by atoms with van der Waals surface area (Å²) >= 11 is 0. The van der Waals surface area contributed by atoms with Crippen LogP contribution in [0.1, 0.15) is 309 Å². The summed E-state index contributed by atoms with van der Waals surface area (Å²) in [5.41, 5.74) is 0. The van der Waals surface area contributed by atoms with Crippen LogP contribution in [0.4, 0.5) is 0 Å². The number of carbonyl (C=O) groups is 1. The molecular formula is C68H127NO10. The molecular weight excluding hydrogens is 991 g/mol. The Kier molecular flexibility index (Phi) is 53.7. The third kappa shape index (κ3) is 44.3. The number of amides is 1. The molecule has 1 heterocycles. The van der Waals surface area contributed by atoms with Gasteiger partial charge in [-0.2, -0.15) is 0 Å². The molecule has 11 heteroatoms. The molecule has 1 saturated heterocycles. The Hall–Kier alpha value is -1.93. The second kappa shape index (κ2) is 56.5. The third-order valence-electron chi connectivity index (χ3n) is 16.1. The van der Waals surface area contributed by atoms with E-state index in [4.69, 9.17) is 9.47 Å². The number of hydrogen-bond donors (Lipinski definition) is 8. The molecule has 8 N–H and O–H groups in total. The van der Waals surface area contributed by atoms with E-state index in [0.29, 0.717) is 19.3 Å². The first-order valence-corrected chi connectivity index (χ1v) is 33.5. The predicted octanol–water partition coefficient (Wildman–Crippen LogP) is 15.6. The van der Waals surface area contributed by atoms with Gasteiger partial charge in [0.25, 0.3) is 0 Å². The van der Waals surface area contributed by atoms with Crippen molar-refractivity contribution in [3.05, 3.63) is 48.6 Å². The number of aliphatic hydroxyl groups excluding tert-OH is 7. The normalized spacial score (nSPS) is 19.6. The summed E-state index contributed by atoms with van der Waals surface area (Å²) in [6.07, 6.45) is 62.0. The molecule has 1 rings (SSSR count). The van der Waals surface area contributed by atoms with Gasteiger partial charge in [0.2, 0.25) is 5.91 Å². The highest BCUT2D eigenvalue weighted by atomic mass is 16.7. The molecule has 1 aliphatic heterocycles. The number of hydrogen-bond acceptors (Lipinski definition) is 10. The molecule has 1 aliphatic rings. The SMILES string of the molecule is CC/C=C\C/C=C\CCCCCCCCCCCCCCCC(O)C(=O)NC(COC1OC(CO)C(O)C(O)C1O)C(O)C(O)CCC/C=C/CC/C=C/CCCCCCCCCCCCCCCCCCCCCCCCC. The number of rotatable bonds is 58. The van der Waals surface area contributed by atoms with E-state index in [-0.39, 0.29) is 12.8 Å². The predicted molar refractivity (Wildman–Crippen MR) is 330 cm³/mol. The molecule has 0 aliphatic carbocycles. The number of nitrogens with one attached hydrogen (secondary N) is 1. The quantitative estimate of drug-likeness (QED) is 0.0215. The summed E-state index contributed by atoms with van der Waals surface area (Å²) < 4.78 is 11.2. The number of ether oxygens (including phenoxy) is 2. The van der Waals surface area contributed by atoms with Crippen LogP contribution in [0, 0.1) is 0 Å². The Morgan fingerprint density at radius 2 is 0.835 bits per heavy atom. The highest BCUT2D eigenvalue weighted by Crippen LogP contribution is 2.24. The topological polar surface area (TPSA) is 189 Å². The fraction of sp³-hybridized carbons (Fsp3) is 0.868. The van der Waals surface area contributed by atoms with Crippen molar-refractivity contribution in [2.24, 2.45) is 0 Å². The average Bonchev–Trinajstić information content (AvgIpc) is 3.46. The minimum absolute atomic E-state index is 0.246. The molecule has 9 atom stereocenters. The fourth-order valence-electron chi connectivity index (χ4n) is 10.7. The van der Waals surface area contributed by atoms with Crippen LogP contribution in [-0.4, -0.2) is 110 Å². The fourth-order valence-corrected chi connectivity index (χ4v) is 10.7. The number of aliphatic hydroxyl groups is 7. The van der Waals surface area contributed by atoms with Gasteiger partial charge in [0, 0.05) is 0 Å². The molecule has 464 valence electrons. The first-order chi connectivity index (χ1) is 38.7. The van der Waals surface area contributed by atoms with Crippen molar-refractivity contribution in [1.82, 2.24) is 5.32 Å². The van der Waals surface area contributed by atoms with E-state index in [1.807, 2.05) is 0 Å². The third-order valence-corrected chi connectivity index (χ3v) is 16.1. The van der Waals surface area contributed by atoms with Gasteiger partial charge in [0.15, 0.2) is 6.29 Å². The first-order valence-electron chi connectivity index (χ1n) is 33.5. The molecule has 0 radical (unpaired) electrons. The summed E-state index contributed by atoms with van der Waals surface area (Å²) in [5, 5.41) is 76.3. The lowest BCUT2D eigenvalue weighted by Crippen LogP contribution is -2.60. The molecule has 1 amide bonds. The van der Waals surface area contributed by atoms with Crippen molar-refractivity contribution in [3.8, 4) is 0 Å². The maximum absolute atomic E-state index is 13.2. The molecule has 0 spiro atoms. The molecule has 0 aromatic heterocycles. The summed E-state index contributed by atoms with van der Waals surface area (Å²) in [7, 11) is 0. The highest BCUT2D eigenvalue weighted by Gasteiger charge is 2.44. The zero-order valence-corrected chi connectivity index (χ0v) is 51.1. The maximum atomic E-state index is 13.2. The highest BCUT2D eigenvalue weighted by molar-refractivity contribution is 5.80. The second-order valence-corrected chi connectivity index (χ2v) is 23.5. The van der Waals surface area contributed by atoms with Crippen LogP contribution in [0.5, 0.6) is 0 Å². The standard InChI is InChI=1S/C68H127NO10/c1-3-5-7-9-11-13-15-17-19-21-23-25-26-27-28-29-30-31-32-33-34-35-36-38-39-41-43-45-47-49-51-53-55-60(71)63(73)59(58-78-68-66(76)65(75)64(74)62(57-70)79-68)69-67(77)61(72)56-54-52-50-48-46-44-42-40-37-24-22-20-18-16-14-12-10-8-6-4-2/h6,8,12,14,39,41,47,49,59-66,68,70-76H,3-5,7,9-11,13,15-38,40,42-46,48,50-58H2,1-2H3,(H,69,77)/b8-6-,14-12-,41-39+,49-47+. The Labute approximate surface area is 485 Å². The average molecular weight is 1120 g/mol. The van der Waals surface area contributed by atoms with E-state index in [0.717, 1.165) is 51.4 Å². The number of unbranched alkanes of at least 4 members (excludes halogenated alkanes) is 38. The number of allylic oxidation sites excluding steroid dienone is 8. The van der Waals surface area contributed by atoms with Gasteiger partial charge in [-0.15, -0.1) is 0 Å². The van der Waals surface area contributed by atoms with E-state index >= 15 is 0 Å². The molecule has 0 aromatic carbocycles. The molecule has 0 bridgehead atoms. The molecule has 0 aromatic rings. The summed E-state index contributed by atoms with van der Waals surface area (Å²) in [5.74, 6) is -0.709. The van der Waals surface area contributed by atoms with Gasteiger partial charge in [-0.3, -0.25) is 4.79 Å². The van der Waals surface area contributed by atoms with Crippen molar-refractivity contribution in [3.63, 3.8) is 0 Å². The summed E-state index contributed by atoms with van der Waals surface area (Å²) in [4.78, 5) is 13.2. The summed E-state index contributed by atoms with van der Waals surface area (Å²) in [6, 6.07) is -1.19. The zero-order valence-electron chi connectivity index (χ0n) is 51.1. The second-order valence-electron chi connectivity index (χ2n) is 23.5. The zero-order chi connectivity index (χ0) is 57.5. The van der Waals surface area contributed by atoms with Gasteiger partial charge >= 0.3 is 0 Å². The van der Waals surface area contributed by atoms with Gasteiger partial charge in [-0.1, -0.05) is 281 Å². The van der Waals surface area contributed by atoms with Crippen LogP contribution in [-0.2, 0) is 14.3 Å². The molecule has 9 unspecified atom stereocenters. The smallest absolute Gasteiger partial charge is 0.249 e. The molecule has 11 nitrogen and oxygen atoms in total. The van der Waals surface area contributed by atoms with E-state index in [1.54, 1.807) is 0 Å². The lowest BCUT2D eigenvalue weighted by atomic mass is 9.98. The monoisotopic (exact) mass is 1120 g/mol. The van der Waals surface area contributed by atoms with Gasteiger partial charge < -0.3 is 50.5 Å². The van der Waals surface area contributed by atoms with Gasteiger partial charge in [-0.25, -0.2) is 0 Å². The van der Waals surface area contributed by atoms with Crippen LogP contribution in [0.3, 0.4) is 0 Å². The van der Waals surface area contributed by atoms with E-state index in [2.05, 4.69) is 67.8 Å². The van der Waals surface area contributed by atoms with Crippen molar-refractivity contribution in [2.75, 3.05) is 13.2 Å². The minimum atomic E-state index is -1.67. The Morgan fingerprint density at radius 3 is 1.27 bits per heavy atom. The lowest BCUT2D eigenvalue weighted by molar-refractivity contribution is -0.303. The first kappa shape index (κ1) is 75.1. The lowest BCUT2D eigenvalue weighted by Gasteiger charge is -2.40. The van der Waals surface area contributed by atoms with Crippen molar-refractivity contribution in [1.29, 1.82) is 0 Å². The van der Waals surface area contributed by atoms with Gasteiger partial charge in [0.05, 0.1) is 25.4 Å². The molecule has 1 fully saturated rings. The van der Waals surface area contributed by atoms with Gasteiger partial charge in [-0.05, 0) is 77.0 Å². The van der Waals surface area contributed by atoms with Crippen LogP contribution < -0.4 is 5.32 Å². The van der Waals surface area contributed by atoms with Crippen LogP contribution >= 0.6 is 0 Å². The minimum Gasteiger partial charge on any atom is -0.394 e. The Balaban J connectivity index is 2.23. The van der Waals surface area contributed by atoms with Crippen LogP contribution in [0.15, 0.2) is 48.6 Å². The maximum Gasteiger partial charge on any atom is 0.249 e.